The Morgan fingerprint density at radius 1 is 1.55 bits per heavy atom. The van der Waals surface area contributed by atoms with E-state index < -0.39 is 0 Å². The van der Waals surface area contributed by atoms with Gasteiger partial charge in [0.05, 0.1) is 0 Å². The first-order valence-corrected chi connectivity index (χ1v) is 5.56. The molecule has 5 heteroatoms. The number of thioether (sulfide) groups is 2. The van der Waals surface area contributed by atoms with Crippen molar-refractivity contribution in [1.82, 2.24) is 15.2 Å². The van der Waals surface area contributed by atoms with Crippen molar-refractivity contribution in [1.29, 1.82) is 0 Å². The van der Waals surface area contributed by atoms with Crippen LogP contribution >= 0.6 is 23.5 Å². The number of rotatable bonds is 4. The zero-order valence-electron chi connectivity index (χ0n) is 6.63. The molecule has 1 N–H and O–H groups in total. The van der Waals surface area contributed by atoms with Crippen LogP contribution < -0.4 is 0 Å². The van der Waals surface area contributed by atoms with Crippen molar-refractivity contribution in [2.75, 3.05) is 10.8 Å². The van der Waals surface area contributed by atoms with Crippen LogP contribution in [0.25, 0.3) is 0 Å². The van der Waals surface area contributed by atoms with Crippen LogP contribution in [0, 0.1) is 6.92 Å². The molecule has 1 heterocycles. The fourth-order valence-corrected chi connectivity index (χ4v) is 2.30. The Bertz CT molecular complexity index is 211. The maximum atomic E-state index is 4.17. The lowest BCUT2D eigenvalue weighted by Gasteiger charge is -1.91. The van der Waals surface area contributed by atoms with E-state index in [1.807, 2.05) is 18.7 Å². The predicted octanol–water partition coefficient (Wildman–Crippen LogP) is 1.92. The van der Waals surface area contributed by atoms with E-state index in [1.165, 1.54) is 0 Å². The van der Waals surface area contributed by atoms with Crippen LogP contribution in [0.5, 0.6) is 0 Å². The monoisotopic (exact) mass is 189 g/mol. The quantitative estimate of drug-likeness (QED) is 0.446. The third kappa shape index (κ3) is 3.16. The first-order chi connectivity index (χ1) is 5.33. The van der Waals surface area contributed by atoms with Gasteiger partial charge in [-0.2, -0.15) is 11.8 Å². The van der Waals surface area contributed by atoms with E-state index >= 15 is 0 Å². The van der Waals surface area contributed by atoms with Gasteiger partial charge in [0.1, 0.15) is 5.82 Å². The zero-order chi connectivity index (χ0) is 8.10. The van der Waals surface area contributed by atoms with Crippen LogP contribution in [0.1, 0.15) is 12.7 Å². The van der Waals surface area contributed by atoms with Gasteiger partial charge in [-0.15, -0.1) is 5.10 Å². The molecule has 62 valence electrons. The Hall–Kier alpha value is -0.160. The fraction of sp³-hybridized carbons (Fsp3) is 0.667. The summed E-state index contributed by atoms with van der Waals surface area (Å²) in [6.45, 7) is 4.05. The van der Waals surface area contributed by atoms with Crippen molar-refractivity contribution < 1.29 is 0 Å². The molecule has 3 nitrogen and oxygen atoms in total. The third-order valence-corrected chi connectivity index (χ3v) is 3.04. The second-order valence-electron chi connectivity index (χ2n) is 1.96. The summed E-state index contributed by atoms with van der Waals surface area (Å²) >= 11 is 3.56. The third-order valence-electron chi connectivity index (χ3n) is 1.05. The smallest absolute Gasteiger partial charge is 0.209 e. The van der Waals surface area contributed by atoms with E-state index in [1.54, 1.807) is 11.8 Å². The summed E-state index contributed by atoms with van der Waals surface area (Å²) in [6, 6.07) is 0. The SMILES string of the molecule is CCSCSc1n[nH]c(C)n1. The Morgan fingerprint density at radius 3 is 2.91 bits per heavy atom. The van der Waals surface area contributed by atoms with E-state index in [0.717, 1.165) is 21.8 Å². The maximum Gasteiger partial charge on any atom is 0.209 e. The minimum atomic E-state index is 0.850. The molecule has 1 aromatic heterocycles. The summed E-state index contributed by atoms with van der Waals surface area (Å²) in [5, 5.41) is 8.69. The van der Waals surface area contributed by atoms with Crippen molar-refractivity contribution in [3.63, 3.8) is 0 Å². The van der Waals surface area contributed by atoms with E-state index in [-0.39, 0.29) is 0 Å². The maximum absolute atomic E-state index is 4.17. The van der Waals surface area contributed by atoms with E-state index in [2.05, 4.69) is 22.1 Å². The van der Waals surface area contributed by atoms with Crippen LogP contribution in [0.4, 0.5) is 0 Å². The molecular formula is C6H11N3S2. The summed E-state index contributed by atoms with van der Waals surface area (Å²) in [4.78, 5) is 4.17. The lowest BCUT2D eigenvalue weighted by atomic mass is 10.8. The summed E-state index contributed by atoms with van der Waals surface area (Å²) in [6.07, 6.45) is 0. The number of aromatic nitrogens is 3. The van der Waals surface area contributed by atoms with Crippen LogP contribution in [-0.2, 0) is 0 Å². The minimum absolute atomic E-state index is 0.850. The normalized spacial score (nSPS) is 10.4. The summed E-state index contributed by atoms with van der Waals surface area (Å²) in [5.74, 6) is 2.03. The Labute approximate surface area is 74.8 Å². The van der Waals surface area contributed by atoms with Gasteiger partial charge in [-0.05, 0) is 12.7 Å². The molecule has 0 atom stereocenters. The van der Waals surface area contributed by atoms with Gasteiger partial charge in [-0.25, -0.2) is 4.98 Å². The largest absolute Gasteiger partial charge is 0.262 e. The molecule has 0 aliphatic rings. The molecule has 11 heavy (non-hydrogen) atoms. The summed E-state index contributed by atoms with van der Waals surface area (Å²) in [5.41, 5.74) is 0. The molecule has 0 saturated carbocycles. The Morgan fingerprint density at radius 2 is 2.36 bits per heavy atom. The highest BCUT2D eigenvalue weighted by Gasteiger charge is 1.98. The second kappa shape index (κ2) is 4.66. The van der Waals surface area contributed by atoms with E-state index in [9.17, 15) is 0 Å². The standard InChI is InChI=1S/C6H11N3S2/c1-3-10-4-11-6-7-5(2)8-9-6/h3-4H2,1-2H3,(H,7,8,9). The van der Waals surface area contributed by atoms with Gasteiger partial charge in [0, 0.05) is 5.08 Å². The van der Waals surface area contributed by atoms with Gasteiger partial charge in [0.2, 0.25) is 5.16 Å². The van der Waals surface area contributed by atoms with Crippen molar-refractivity contribution in [3.8, 4) is 0 Å². The molecule has 1 rings (SSSR count). The first kappa shape index (κ1) is 8.93. The lowest BCUT2D eigenvalue weighted by Crippen LogP contribution is -1.77. The number of H-pyrrole nitrogens is 1. The second-order valence-corrected chi connectivity index (χ2v) is 4.54. The molecule has 1 aromatic rings. The topological polar surface area (TPSA) is 41.6 Å². The van der Waals surface area contributed by atoms with Crippen LogP contribution in [0.15, 0.2) is 5.16 Å². The van der Waals surface area contributed by atoms with E-state index in [0.29, 0.717) is 0 Å². The molecule has 0 radical (unpaired) electrons. The average Bonchev–Trinajstić information content (AvgIpc) is 2.37. The van der Waals surface area contributed by atoms with Gasteiger partial charge >= 0.3 is 0 Å². The van der Waals surface area contributed by atoms with Crippen molar-refractivity contribution in [3.05, 3.63) is 5.82 Å². The number of nitrogens with one attached hydrogen (secondary N) is 1. The molecule has 0 fully saturated rings. The van der Waals surface area contributed by atoms with Gasteiger partial charge in [0.15, 0.2) is 0 Å². The number of aryl methyl sites for hydroxylation is 1. The first-order valence-electron chi connectivity index (χ1n) is 3.42. The van der Waals surface area contributed by atoms with Crippen molar-refractivity contribution in [2.45, 2.75) is 19.0 Å². The molecule has 0 unspecified atom stereocenters. The summed E-state index contributed by atoms with van der Waals surface area (Å²) in [7, 11) is 0. The highest BCUT2D eigenvalue weighted by molar-refractivity contribution is 8.15. The molecular weight excluding hydrogens is 178 g/mol. The number of aromatic amines is 1. The van der Waals surface area contributed by atoms with E-state index in [4.69, 9.17) is 0 Å². The zero-order valence-corrected chi connectivity index (χ0v) is 8.26. The number of hydrogen-bond donors (Lipinski definition) is 1. The molecule has 0 aliphatic carbocycles. The van der Waals surface area contributed by atoms with Crippen molar-refractivity contribution >= 4 is 23.5 Å². The number of hydrogen-bond acceptors (Lipinski definition) is 4. The van der Waals surface area contributed by atoms with Gasteiger partial charge in [0.25, 0.3) is 0 Å². The van der Waals surface area contributed by atoms with Gasteiger partial charge in [-0.3, -0.25) is 5.10 Å². The molecule has 0 amide bonds. The van der Waals surface area contributed by atoms with Crippen LogP contribution in [0.2, 0.25) is 0 Å². The van der Waals surface area contributed by atoms with Gasteiger partial charge < -0.3 is 0 Å². The van der Waals surface area contributed by atoms with Crippen LogP contribution in [0.3, 0.4) is 0 Å². The average molecular weight is 189 g/mol. The highest BCUT2D eigenvalue weighted by Crippen LogP contribution is 2.17. The lowest BCUT2D eigenvalue weighted by molar-refractivity contribution is 0.971. The predicted molar refractivity (Wildman–Crippen MR) is 50.0 cm³/mol. The summed E-state index contributed by atoms with van der Waals surface area (Å²) < 4.78 is 0. The molecule has 0 saturated heterocycles. The Balaban J connectivity index is 2.27. The molecule has 0 aliphatic heterocycles. The highest BCUT2D eigenvalue weighted by atomic mass is 32.2. The van der Waals surface area contributed by atoms with Crippen molar-refractivity contribution in [2.24, 2.45) is 0 Å². The fourth-order valence-electron chi connectivity index (χ4n) is 0.564. The minimum Gasteiger partial charge on any atom is -0.262 e. The number of nitrogens with zero attached hydrogens (tertiary/aromatic N) is 2. The Kier molecular flexibility index (Phi) is 3.79. The molecule has 0 aromatic carbocycles. The molecule has 0 spiro atoms. The van der Waals surface area contributed by atoms with Gasteiger partial charge in [-0.1, -0.05) is 18.7 Å². The molecule has 0 bridgehead atoms. The van der Waals surface area contributed by atoms with Crippen LogP contribution in [-0.4, -0.2) is 26.0 Å².